The van der Waals surface area contributed by atoms with Crippen molar-refractivity contribution in [3.8, 4) is 0 Å². The van der Waals surface area contributed by atoms with Gasteiger partial charge in [-0.05, 0) is 38.8 Å². The van der Waals surface area contributed by atoms with Crippen LogP contribution in [0.25, 0.3) is 11.1 Å². The highest BCUT2D eigenvalue weighted by Gasteiger charge is 2.28. The summed E-state index contributed by atoms with van der Waals surface area (Å²) in [6, 6.07) is 1.91. The number of hydrogen-bond donors (Lipinski definition) is 2. The van der Waals surface area contributed by atoms with Crippen molar-refractivity contribution in [3.05, 3.63) is 34.7 Å². The Morgan fingerprint density at radius 1 is 1.46 bits per heavy atom. The van der Waals surface area contributed by atoms with E-state index < -0.39 is 0 Å². The molecule has 0 unspecified atom stereocenters. The van der Waals surface area contributed by atoms with Crippen molar-refractivity contribution in [2.24, 2.45) is 0 Å². The lowest BCUT2D eigenvalue weighted by Crippen LogP contribution is -2.29. The van der Waals surface area contributed by atoms with Crippen molar-refractivity contribution in [3.63, 3.8) is 0 Å². The Kier molecular flexibility index (Phi) is 4.87. The second-order valence-electron chi connectivity index (χ2n) is 6.32. The molecule has 2 aromatic rings. The average Bonchev–Trinajstić information content (AvgIpc) is 3.37. The van der Waals surface area contributed by atoms with E-state index in [2.05, 4.69) is 26.9 Å². The number of halogens is 1. The van der Waals surface area contributed by atoms with E-state index in [1.807, 2.05) is 13.0 Å². The number of hydrogen-bond acceptors (Lipinski definition) is 5. The number of amides is 1. The van der Waals surface area contributed by atoms with Crippen molar-refractivity contribution >= 4 is 29.4 Å². The molecule has 24 heavy (non-hydrogen) atoms. The molecule has 7 heteroatoms. The van der Waals surface area contributed by atoms with E-state index in [9.17, 15) is 4.79 Å². The highest BCUT2D eigenvalue weighted by Crippen LogP contribution is 2.40. The van der Waals surface area contributed by atoms with E-state index in [4.69, 9.17) is 4.52 Å². The van der Waals surface area contributed by atoms with Gasteiger partial charge in [-0.2, -0.15) is 0 Å². The Labute approximate surface area is 146 Å². The van der Waals surface area contributed by atoms with Crippen LogP contribution in [0.3, 0.4) is 0 Å². The zero-order chi connectivity index (χ0) is 15.8. The molecule has 2 aromatic heterocycles. The van der Waals surface area contributed by atoms with Crippen molar-refractivity contribution in [1.29, 1.82) is 0 Å². The van der Waals surface area contributed by atoms with Gasteiger partial charge in [0.2, 0.25) is 0 Å². The second-order valence-corrected chi connectivity index (χ2v) is 6.32. The largest absolute Gasteiger partial charge is 0.348 e. The SMILES string of the molecule is Cc1noc2nc(C3CC3)cc(C(=O)NCC3=CCNCC3)c12.Cl. The predicted octanol–water partition coefficient (Wildman–Crippen LogP) is 2.48. The number of aromatic nitrogens is 2. The van der Waals surface area contributed by atoms with Crippen LogP contribution in [0.4, 0.5) is 0 Å². The minimum absolute atomic E-state index is 0. The smallest absolute Gasteiger partial charge is 0.259 e. The first-order valence-electron chi connectivity index (χ1n) is 8.16. The van der Waals surface area contributed by atoms with Gasteiger partial charge in [-0.25, -0.2) is 4.98 Å². The van der Waals surface area contributed by atoms with Gasteiger partial charge in [-0.1, -0.05) is 16.8 Å². The molecule has 0 saturated heterocycles. The van der Waals surface area contributed by atoms with Crippen LogP contribution in [0.5, 0.6) is 0 Å². The molecule has 6 nitrogen and oxygen atoms in total. The van der Waals surface area contributed by atoms with Crippen molar-refractivity contribution in [2.45, 2.75) is 32.1 Å². The van der Waals surface area contributed by atoms with Crippen LogP contribution in [0.1, 0.15) is 46.9 Å². The van der Waals surface area contributed by atoms with Gasteiger partial charge < -0.3 is 15.2 Å². The lowest BCUT2D eigenvalue weighted by Gasteiger charge is -2.15. The fourth-order valence-electron chi connectivity index (χ4n) is 3.00. The number of carbonyl (C=O) groups excluding carboxylic acids is 1. The Morgan fingerprint density at radius 3 is 3.00 bits per heavy atom. The summed E-state index contributed by atoms with van der Waals surface area (Å²) in [6.07, 6.45) is 5.39. The number of rotatable bonds is 4. The third-order valence-electron chi connectivity index (χ3n) is 4.51. The van der Waals surface area contributed by atoms with E-state index in [0.717, 1.165) is 43.4 Å². The molecule has 0 radical (unpaired) electrons. The molecule has 1 amide bonds. The molecule has 128 valence electrons. The number of aryl methyl sites for hydroxylation is 1. The van der Waals surface area contributed by atoms with Crippen LogP contribution in [0.15, 0.2) is 22.2 Å². The summed E-state index contributed by atoms with van der Waals surface area (Å²) in [7, 11) is 0. The summed E-state index contributed by atoms with van der Waals surface area (Å²) in [5.41, 5.74) is 4.02. The van der Waals surface area contributed by atoms with E-state index in [1.54, 1.807) is 0 Å². The van der Waals surface area contributed by atoms with Gasteiger partial charge in [-0.15, -0.1) is 12.4 Å². The Bertz CT molecular complexity index is 795. The van der Waals surface area contributed by atoms with Crippen molar-refractivity contribution in [1.82, 2.24) is 20.8 Å². The molecule has 1 fully saturated rings. The van der Waals surface area contributed by atoms with Crippen LogP contribution in [0, 0.1) is 6.92 Å². The first kappa shape index (κ1) is 16.9. The van der Waals surface area contributed by atoms with Crippen LogP contribution < -0.4 is 10.6 Å². The highest BCUT2D eigenvalue weighted by molar-refractivity contribution is 6.06. The molecule has 0 spiro atoms. The standard InChI is InChI=1S/C17H20N4O2.ClH/c1-10-15-13(16(22)19-9-11-4-6-18-7-5-11)8-14(12-2-3-12)20-17(15)23-21-10;/h4,8,12,18H,2-3,5-7,9H2,1H3,(H,19,22);1H. The maximum atomic E-state index is 12.7. The van der Waals surface area contributed by atoms with Crippen LogP contribution in [0.2, 0.25) is 0 Å². The number of pyridine rings is 1. The Hall–Kier alpha value is -1.92. The van der Waals surface area contributed by atoms with E-state index >= 15 is 0 Å². The molecule has 4 rings (SSSR count). The van der Waals surface area contributed by atoms with Crippen LogP contribution in [-0.4, -0.2) is 35.7 Å². The van der Waals surface area contributed by atoms with Gasteiger partial charge in [0.15, 0.2) is 0 Å². The normalized spacial score (nSPS) is 17.3. The highest BCUT2D eigenvalue weighted by atomic mass is 35.5. The van der Waals surface area contributed by atoms with Gasteiger partial charge in [0.05, 0.1) is 16.6 Å². The summed E-state index contributed by atoms with van der Waals surface area (Å²) >= 11 is 0. The van der Waals surface area contributed by atoms with Gasteiger partial charge in [0.1, 0.15) is 0 Å². The van der Waals surface area contributed by atoms with Gasteiger partial charge in [0, 0.05) is 24.7 Å². The van der Waals surface area contributed by atoms with Gasteiger partial charge in [0.25, 0.3) is 11.6 Å². The lowest BCUT2D eigenvalue weighted by molar-refractivity contribution is 0.0958. The minimum Gasteiger partial charge on any atom is -0.348 e. The summed E-state index contributed by atoms with van der Waals surface area (Å²) in [6.45, 7) is 4.28. The Morgan fingerprint density at radius 2 is 2.29 bits per heavy atom. The van der Waals surface area contributed by atoms with Gasteiger partial charge >= 0.3 is 0 Å². The molecule has 1 saturated carbocycles. The summed E-state index contributed by atoms with van der Waals surface area (Å²) < 4.78 is 5.29. The molecule has 0 aromatic carbocycles. The predicted molar refractivity (Wildman–Crippen MR) is 93.7 cm³/mol. The summed E-state index contributed by atoms with van der Waals surface area (Å²) in [4.78, 5) is 17.2. The van der Waals surface area contributed by atoms with Crippen molar-refractivity contribution < 1.29 is 9.32 Å². The monoisotopic (exact) mass is 348 g/mol. The molecular weight excluding hydrogens is 328 g/mol. The number of fused-ring (bicyclic) bond motifs is 1. The Balaban J connectivity index is 0.00000169. The fraction of sp³-hybridized carbons (Fsp3) is 0.471. The van der Waals surface area contributed by atoms with Crippen LogP contribution in [-0.2, 0) is 0 Å². The average molecular weight is 349 g/mol. The maximum Gasteiger partial charge on any atom is 0.259 e. The number of nitrogens with one attached hydrogen (secondary N) is 2. The quantitative estimate of drug-likeness (QED) is 0.830. The first-order valence-corrected chi connectivity index (χ1v) is 8.16. The first-order chi connectivity index (χ1) is 11.2. The molecular formula is C17H21ClN4O2. The maximum absolute atomic E-state index is 12.7. The third kappa shape index (κ3) is 3.30. The molecule has 0 bridgehead atoms. The molecule has 2 N–H and O–H groups in total. The second kappa shape index (κ2) is 6.91. The lowest BCUT2D eigenvalue weighted by atomic mass is 10.1. The zero-order valence-corrected chi connectivity index (χ0v) is 14.4. The molecule has 0 atom stereocenters. The molecule has 3 heterocycles. The third-order valence-corrected chi connectivity index (χ3v) is 4.51. The fourth-order valence-corrected chi connectivity index (χ4v) is 3.00. The van der Waals surface area contributed by atoms with E-state index in [-0.39, 0.29) is 18.3 Å². The van der Waals surface area contributed by atoms with E-state index in [1.165, 1.54) is 5.57 Å². The van der Waals surface area contributed by atoms with E-state index in [0.29, 0.717) is 29.4 Å². The van der Waals surface area contributed by atoms with Crippen molar-refractivity contribution in [2.75, 3.05) is 19.6 Å². The molecule has 1 aliphatic carbocycles. The number of nitrogens with zero attached hydrogens (tertiary/aromatic N) is 2. The topological polar surface area (TPSA) is 80.0 Å². The number of carbonyl (C=O) groups is 1. The minimum atomic E-state index is -0.0787. The summed E-state index contributed by atoms with van der Waals surface area (Å²) in [5.74, 6) is 0.383. The molecule has 2 aliphatic rings. The van der Waals surface area contributed by atoms with Crippen LogP contribution >= 0.6 is 12.4 Å². The van der Waals surface area contributed by atoms with Gasteiger partial charge in [-0.3, -0.25) is 4.79 Å². The summed E-state index contributed by atoms with van der Waals surface area (Å²) in [5, 5.41) is 11.0. The zero-order valence-electron chi connectivity index (χ0n) is 13.6. The molecule has 1 aliphatic heterocycles.